The Labute approximate surface area is 164 Å². The van der Waals surface area contributed by atoms with E-state index < -0.39 is 12.1 Å². The lowest BCUT2D eigenvalue weighted by Crippen LogP contribution is -2.49. The van der Waals surface area contributed by atoms with E-state index in [1.54, 1.807) is 18.3 Å². The van der Waals surface area contributed by atoms with Gasteiger partial charge in [-0.05, 0) is 41.2 Å². The van der Waals surface area contributed by atoms with E-state index in [2.05, 4.69) is 43.6 Å². The van der Waals surface area contributed by atoms with E-state index in [1.807, 2.05) is 12.1 Å². The minimum absolute atomic E-state index is 0.0534. The van der Waals surface area contributed by atoms with Crippen LogP contribution in [0.4, 0.5) is 0 Å². The third-order valence-electron chi connectivity index (χ3n) is 4.69. The number of carbonyl (C=O) groups excluding carboxylic acids is 2. The van der Waals surface area contributed by atoms with Gasteiger partial charge in [-0.1, -0.05) is 39.0 Å². The molecule has 0 aliphatic carbocycles. The van der Waals surface area contributed by atoms with Crippen molar-refractivity contribution in [3.05, 3.63) is 35.2 Å². The molecule has 0 radical (unpaired) electrons. The van der Waals surface area contributed by atoms with Crippen molar-refractivity contribution in [2.45, 2.75) is 59.0 Å². The van der Waals surface area contributed by atoms with Crippen LogP contribution in [0.1, 0.15) is 39.7 Å². The molecule has 1 aromatic carbocycles. The molecule has 2 heterocycles. The maximum Gasteiger partial charge on any atom is 0.249 e. The number of fused-ring (bicyclic) bond motifs is 1. The predicted octanol–water partition coefficient (Wildman–Crippen LogP) is 3.70. The van der Waals surface area contributed by atoms with Crippen LogP contribution in [-0.2, 0) is 25.7 Å². The van der Waals surface area contributed by atoms with E-state index in [1.165, 1.54) is 4.70 Å². The van der Waals surface area contributed by atoms with E-state index in [9.17, 15) is 9.59 Å². The Kier molecular flexibility index (Phi) is 5.99. The normalized spacial score (nSPS) is 21.6. The number of hydrogen-bond donors (Lipinski definition) is 1. The summed E-state index contributed by atoms with van der Waals surface area (Å²) in [5.74, 6) is -0.339. The number of nitrogens with one attached hydrogen (secondary N) is 1. The van der Waals surface area contributed by atoms with Crippen molar-refractivity contribution in [1.29, 1.82) is 0 Å². The van der Waals surface area contributed by atoms with Crippen LogP contribution in [0.5, 0.6) is 0 Å². The summed E-state index contributed by atoms with van der Waals surface area (Å²) in [6.45, 7) is 8.43. The fourth-order valence-corrected chi connectivity index (χ4v) is 4.17. The van der Waals surface area contributed by atoms with Gasteiger partial charge in [-0.3, -0.25) is 9.59 Å². The lowest BCUT2D eigenvalue weighted by atomic mass is 9.88. The third kappa shape index (κ3) is 4.94. The number of Topliss-reactive ketones (excluding diaryl/α,β-unsaturated/α-hetero) is 1. The van der Waals surface area contributed by atoms with Gasteiger partial charge in [-0.2, -0.15) is 0 Å². The van der Waals surface area contributed by atoms with Crippen LogP contribution in [0.3, 0.4) is 0 Å². The molecule has 146 valence electrons. The highest BCUT2D eigenvalue weighted by Crippen LogP contribution is 2.28. The molecule has 0 spiro atoms. The average molecular weight is 390 g/mol. The zero-order chi connectivity index (χ0) is 19.6. The topological polar surface area (TPSA) is 64.6 Å². The molecule has 2 aromatic rings. The van der Waals surface area contributed by atoms with Gasteiger partial charge in [0.25, 0.3) is 0 Å². The Hall–Kier alpha value is -1.76. The average Bonchev–Trinajstić information content (AvgIpc) is 3.16. The standard InChI is InChI=1S/C21H27NO4S/c1-13-19(16(23)11-25-13)22-20(24)17(9-21(2,3)4)26-10-14-12-27-18-8-6-5-7-15(14)18/h5-8,12-13,17,19H,9-11H2,1-4H3,(H,22,24). The van der Waals surface area contributed by atoms with Crippen molar-refractivity contribution >= 4 is 33.1 Å². The molecule has 1 fully saturated rings. The first-order chi connectivity index (χ1) is 12.7. The number of ketones is 1. The van der Waals surface area contributed by atoms with Crippen molar-refractivity contribution in [2.24, 2.45) is 5.41 Å². The van der Waals surface area contributed by atoms with Gasteiger partial charge in [0.15, 0.2) is 5.78 Å². The first-order valence-electron chi connectivity index (χ1n) is 9.26. The first-order valence-corrected chi connectivity index (χ1v) is 10.1. The number of ether oxygens (including phenoxy) is 2. The maximum absolute atomic E-state index is 12.8. The molecule has 6 heteroatoms. The number of amides is 1. The Balaban J connectivity index is 1.71. The van der Waals surface area contributed by atoms with Crippen molar-refractivity contribution in [2.75, 3.05) is 6.61 Å². The molecule has 1 saturated heterocycles. The van der Waals surface area contributed by atoms with Gasteiger partial charge in [-0.15, -0.1) is 11.3 Å². The van der Waals surface area contributed by atoms with Crippen LogP contribution >= 0.6 is 11.3 Å². The highest BCUT2D eigenvalue weighted by molar-refractivity contribution is 7.17. The number of benzene rings is 1. The summed E-state index contributed by atoms with van der Waals surface area (Å²) in [6.07, 6.45) is -0.362. The Morgan fingerprint density at radius 1 is 1.37 bits per heavy atom. The predicted molar refractivity (Wildman–Crippen MR) is 107 cm³/mol. The quantitative estimate of drug-likeness (QED) is 0.818. The number of hydrogen-bond acceptors (Lipinski definition) is 5. The second-order valence-electron chi connectivity index (χ2n) is 8.29. The molecule has 1 aliphatic heterocycles. The second-order valence-corrected chi connectivity index (χ2v) is 9.20. The van der Waals surface area contributed by atoms with Crippen LogP contribution in [0.15, 0.2) is 29.6 Å². The highest BCUT2D eigenvalue weighted by Gasteiger charge is 2.36. The third-order valence-corrected chi connectivity index (χ3v) is 5.71. The van der Waals surface area contributed by atoms with E-state index >= 15 is 0 Å². The number of thiophene rings is 1. The van der Waals surface area contributed by atoms with E-state index in [-0.39, 0.29) is 29.8 Å². The first kappa shape index (κ1) is 20.0. The summed E-state index contributed by atoms with van der Waals surface area (Å²) >= 11 is 1.67. The molecule has 1 N–H and O–H groups in total. The van der Waals surface area contributed by atoms with Crippen molar-refractivity contribution in [1.82, 2.24) is 5.32 Å². The van der Waals surface area contributed by atoms with E-state index in [4.69, 9.17) is 9.47 Å². The fourth-order valence-electron chi connectivity index (χ4n) is 3.22. The van der Waals surface area contributed by atoms with Gasteiger partial charge in [0.1, 0.15) is 18.8 Å². The van der Waals surface area contributed by atoms with Gasteiger partial charge >= 0.3 is 0 Å². The maximum atomic E-state index is 12.8. The summed E-state index contributed by atoms with van der Waals surface area (Å²) in [7, 11) is 0. The molecule has 3 rings (SSSR count). The number of carbonyl (C=O) groups is 2. The minimum atomic E-state index is -0.621. The summed E-state index contributed by atoms with van der Waals surface area (Å²) in [6, 6.07) is 7.58. The smallest absolute Gasteiger partial charge is 0.249 e. The van der Waals surface area contributed by atoms with Crippen molar-refractivity contribution in [3.63, 3.8) is 0 Å². The molecule has 27 heavy (non-hydrogen) atoms. The van der Waals surface area contributed by atoms with Crippen molar-refractivity contribution < 1.29 is 19.1 Å². The second kappa shape index (κ2) is 8.09. The van der Waals surface area contributed by atoms with Crippen LogP contribution in [-0.4, -0.2) is 36.5 Å². The summed E-state index contributed by atoms with van der Waals surface area (Å²) in [5, 5.41) is 6.07. The Bertz CT molecular complexity index is 823. The Morgan fingerprint density at radius 3 is 2.78 bits per heavy atom. The lowest BCUT2D eigenvalue weighted by Gasteiger charge is -2.27. The van der Waals surface area contributed by atoms with Gasteiger partial charge in [-0.25, -0.2) is 0 Å². The highest BCUT2D eigenvalue weighted by atomic mass is 32.1. The molecular weight excluding hydrogens is 362 g/mol. The number of rotatable bonds is 6. The van der Waals surface area contributed by atoms with Crippen LogP contribution < -0.4 is 5.32 Å². The zero-order valence-electron chi connectivity index (χ0n) is 16.3. The summed E-state index contributed by atoms with van der Waals surface area (Å²) in [5.41, 5.74) is 0.997. The molecule has 3 unspecified atom stereocenters. The van der Waals surface area contributed by atoms with E-state index in [0.717, 1.165) is 10.9 Å². The van der Waals surface area contributed by atoms with E-state index in [0.29, 0.717) is 13.0 Å². The minimum Gasteiger partial charge on any atom is -0.368 e. The van der Waals surface area contributed by atoms with Gasteiger partial charge in [0.05, 0.1) is 12.7 Å². The van der Waals surface area contributed by atoms with Crippen LogP contribution in [0.2, 0.25) is 0 Å². The van der Waals surface area contributed by atoms with Crippen LogP contribution in [0, 0.1) is 5.41 Å². The molecule has 1 aromatic heterocycles. The molecule has 5 nitrogen and oxygen atoms in total. The van der Waals surface area contributed by atoms with Gasteiger partial charge < -0.3 is 14.8 Å². The zero-order valence-corrected chi connectivity index (χ0v) is 17.1. The fraction of sp³-hybridized carbons (Fsp3) is 0.524. The Morgan fingerprint density at radius 2 is 2.11 bits per heavy atom. The summed E-state index contributed by atoms with van der Waals surface area (Å²) < 4.78 is 12.6. The molecule has 1 amide bonds. The molecule has 1 aliphatic rings. The molecule has 3 atom stereocenters. The largest absolute Gasteiger partial charge is 0.368 e. The molecule has 0 saturated carbocycles. The van der Waals surface area contributed by atoms with Crippen molar-refractivity contribution in [3.8, 4) is 0 Å². The lowest BCUT2D eigenvalue weighted by molar-refractivity contribution is -0.138. The molecular formula is C21H27NO4S. The summed E-state index contributed by atoms with van der Waals surface area (Å²) in [4.78, 5) is 24.8. The van der Waals surface area contributed by atoms with Crippen LogP contribution in [0.25, 0.3) is 10.1 Å². The SMILES string of the molecule is CC1OCC(=O)C1NC(=O)C(CC(C)(C)C)OCc1csc2ccccc12. The van der Waals surface area contributed by atoms with Gasteiger partial charge in [0, 0.05) is 4.70 Å². The molecule has 0 bridgehead atoms. The monoisotopic (exact) mass is 389 g/mol. The van der Waals surface area contributed by atoms with Gasteiger partial charge in [0.2, 0.25) is 5.91 Å².